The number of rotatable bonds is 3. The molecule has 1 saturated heterocycles. The largest absolute Gasteiger partial charge is 0.355 e. The molecule has 106 valence electrons. The van der Waals surface area contributed by atoms with Crippen molar-refractivity contribution < 1.29 is 9.32 Å². The van der Waals surface area contributed by atoms with E-state index in [2.05, 4.69) is 20.4 Å². The summed E-state index contributed by atoms with van der Waals surface area (Å²) in [6, 6.07) is 8.02. The number of amides is 1. The number of nitrogens with zero attached hydrogens (tertiary/aromatic N) is 3. The lowest BCUT2D eigenvalue weighted by atomic mass is 10.1. The minimum Gasteiger partial charge on any atom is -0.355 e. The highest BCUT2D eigenvalue weighted by Gasteiger charge is 2.28. The maximum atomic E-state index is 11.2. The molecule has 7 heteroatoms. The third-order valence-corrected chi connectivity index (χ3v) is 4.49. The van der Waals surface area contributed by atoms with Gasteiger partial charge in [-0.3, -0.25) is 4.79 Å². The average molecular weight is 300 g/mol. The van der Waals surface area contributed by atoms with Gasteiger partial charge in [-0.15, -0.1) is 11.3 Å². The molecule has 0 radical (unpaired) electrons. The number of para-hydroxylation sites is 1. The van der Waals surface area contributed by atoms with Gasteiger partial charge in [0.15, 0.2) is 5.82 Å². The predicted octanol–water partition coefficient (Wildman–Crippen LogP) is 1.87. The predicted molar refractivity (Wildman–Crippen MR) is 77.1 cm³/mol. The van der Waals surface area contributed by atoms with Crippen LogP contribution in [0.25, 0.3) is 10.2 Å². The summed E-state index contributed by atoms with van der Waals surface area (Å²) in [7, 11) is 0. The lowest BCUT2D eigenvalue weighted by Crippen LogP contribution is -2.13. The second-order valence-corrected chi connectivity index (χ2v) is 6.12. The topological polar surface area (TPSA) is 80.9 Å². The Morgan fingerprint density at radius 3 is 3.05 bits per heavy atom. The molecule has 0 aliphatic carbocycles. The summed E-state index contributed by atoms with van der Waals surface area (Å²) in [6.45, 7) is 0.571. The molecule has 0 bridgehead atoms. The number of nitrogens with one attached hydrogen (secondary N) is 1. The summed E-state index contributed by atoms with van der Waals surface area (Å²) >= 11 is 1.63. The Labute approximate surface area is 124 Å². The van der Waals surface area contributed by atoms with E-state index in [0.717, 1.165) is 15.2 Å². The molecule has 6 nitrogen and oxygen atoms in total. The monoisotopic (exact) mass is 300 g/mol. The van der Waals surface area contributed by atoms with Crippen LogP contribution in [-0.2, 0) is 11.2 Å². The Bertz CT molecular complexity index is 777. The molecule has 21 heavy (non-hydrogen) atoms. The summed E-state index contributed by atoms with van der Waals surface area (Å²) in [5, 5.41) is 7.72. The van der Waals surface area contributed by atoms with Crippen molar-refractivity contribution in [2.24, 2.45) is 0 Å². The van der Waals surface area contributed by atoms with E-state index in [1.54, 1.807) is 11.3 Å². The molecular weight excluding hydrogens is 288 g/mol. The Balaban J connectivity index is 1.54. The zero-order valence-electron chi connectivity index (χ0n) is 11.1. The molecule has 1 aliphatic rings. The molecule has 0 spiro atoms. The number of hydrogen-bond acceptors (Lipinski definition) is 6. The zero-order chi connectivity index (χ0) is 14.2. The van der Waals surface area contributed by atoms with Crippen LogP contribution in [0.3, 0.4) is 0 Å². The second kappa shape index (κ2) is 4.92. The minimum atomic E-state index is -0.00545. The number of carbonyl (C=O) groups excluding carboxylic acids is 1. The van der Waals surface area contributed by atoms with Crippen molar-refractivity contribution in [2.75, 3.05) is 6.54 Å². The first-order valence-electron chi connectivity index (χ1n) is 6.71. The Morgan fingerprint density at radius 1 is 1.33 bits per heavy atom. The van der Waals surface area contributed by atoms with Gasteiger partial charge in [0.1, 0.15) is 5.01 Å². The molecule has 1 fully saturated rings. The smallest absolute Gasteiger partial charge is 0.232 e. The molecule has 1 amide bonds. The van der Waals surface area contributed by atoms with Crippen molar-refractivity contribution >= 4 is 27.5 Å². The lowest BCUT2D eigenvalue weighted by molar-refractivity contribution is -0.119. The molecule has 4 rings (SSSR count). The highest BCUT2D eigenvalue weighted by Crippen LogP contribution is 2.25. The normalized spacial score (nSPS) is 18.3. The van der Waals surface area contributed by atoms with Crippen molar-refractivity contribution in [3.63, 3.8) is 0 Å². The van der Waals surface area contributed by atoms with E-state index in [9.17, 15) is 4.79 Å². The van der Waals surface area contributed by atoms with Crippen LogP contribution in [0.2, 0.25) is 0 Å². The van der Waals surface area contributed by atoms with Crippen molar-refractivity contribution in [1.29, 1.82) is 0 Å². The van der Waals surface area contributed by atoms with Gasteiger partial charge in [0.2, 0.25) is 11.8 Å². The quantitative estimate of drug-likeness (QED) is 0.798. The first-order valence-corrected chi connectivity index (χ1v) is 7.53. The van der Waals surface area contributed by atoms with Crippen molar-refractivity contribution in [3.05, 3.63) is 41.0 Å². The molecule has 1 atom stereocenters. The fourth-order valence-electron chi connectivity index (χ4n) is 2.42. The third kappa shape index (κ3) is 2.40. The van der Waals surface area contributed by atoms with E-state index < -0.39 is 0 Å². The summed E-state index contributed by atoms with van der Waals surface area (Å²) < 4.78 is 6.42. The molecule has 1 aliphatic heterocycles. The standard InChI is InChI=1S/C14H12N4O2S/c19-12-5-8(7-15-12)14-17-11(18-20-14)6-13-16-9-3-1-2-4-10(9)21-13/h1-4,8H,5-7H2,(H,15,19)/t8-/m1/s1. The molecule has 2 aromatic heterocycles. The van der Waals surface area contributed by atoms with Gasteiger partial charge >= 0.3 is 0 Å². The summed E-state index contributed by atoms with van der Waals surface area (Å²) in [4.78, 5) is 20.2. The highest BCUT2D eigenvalue weighted by molar-refractivity contribution is 7.18. The summed E-state index contributed by atoms with van der Waals surface area (Å²) in [6.07, 6.45) is 0.972. The van der Waals surface area contributed by atoms with Gasteiger partial charge in [0.05, 0.1) is 22.6 Å². The molecular formula is C14H12N4O2S. The number of fused-ring (bicyclic) bond motifs is 1. The van der Waals surface area contributed by atoms with Crippen molar-refractivity contribution in [1.82, 2.24) is 20.4 Å². The third-order valence-electron chi connectivity index (χ3n) is 3.46. The number of hydrogen-bond donors (Lipinski definition) is 1. The Kier molecular flexibility index (Phi) is 2.92. The van der Waals surface area contributed by atoms with Gasteiger partial charge in [-0.25, -0.2) is 4.98 Å². The van der Waals surface area contributed by atoms with E-state index in [1.165, 1.54) is 0 Å². The molecule has 0 unspecified atom stereocenters. The van der Waals surface area contributed by atoms with Crippen molar-refractivity contribution in [3.8, 4) is 0 Å². The first kappa shape index (κ1) is 12.5. The molecule has 1 aromatic carbocycles. The van der Waals surface area contributed by atoms with E-state index in [1.807, 2.05) is 24.3 Å². The van der Waals surface area contributed by atoms with Crippen LogP contribution in [-0.4, -0.2) is 27.6 Å². The fourth-order valence-corrected chi connectivity index (χ4v) is 3.38. The molecule has 0 saturated carbocycles. The van der Waals surface area contributed by atoms with E-state index >= 15 is 0 Å². The van der Waals surface area contributed by atoms with Gasteiger partial charge in [-0.2, -0.15) is 4.98 Å². The summed E-state index contributed by atoms with van der Waals surface area (Å²) in [5.41, 5.74) is 0.992. The van der Waals surface area contributed by atoms with Gasteiger partial charge < -0.3 is 9.84 Å². The Morgan fingerprint density at radius 2 is 2.24 bits per heavy atom. The van der Waals surface area contributed by atoms with Crippen molar-refractivity contribution in [2.45, 2.75) is 18.8 Å². The van der Waals surface area contributed by atoms with Crippen LogP contribution in [0.4, 0.5) is 0 Å². The maximum absolute atomic E-state index is 11.2. The summed E-state index contributed by atoms with van der Waals surface area (Å²) in [5.74, 6) is 1.17. The number of carbonyl (C=O) groups is 1. The number of aromatic nitrogens is 3. The van der Waals surface area contributed by atoms with E-state index in [4.69, 9.17) is 4.52 Å². The number of thiazole rings is 1. The van der Waals surface area contributed by atoms with Crippen LogP contribution >= 0.6 is 11.3 Å². The molecule has 1 N–H and O–H groups in total. The van der Waals surface area contributed by atoms with Crippen LogP contribution in [0, 0.1) is 0 Å². The molecule has 3 heterocycles. The molecule has 3 aromatic rings. The van der Waals surface area contributed by atoms with Crippen LogP contribution in [0.1, 0.15) is 29.1 Å². The second-order valence-electron chi connectivity index (χ2n) is 5.01. The lowest BCUT2D eigenvalue weighted by Gasteiger charge is -1.96. The minimum absolute atomic E-state index is 0.00545. The van der Waals surface area contributed by atoms with Gasteiger partial charge in [0, 0.05) is 13.0 Å². The van der Waals surface area contributed by atoms with E-state index in [0.29, 0.717) is 31.1 Å². The average Bonchev–Trinajstić information content (AvgIpc) is 3.17. The van der Waals surface area contributed by atoms with Crippen LogP contribution in [0.5, 0.6) is 0 Å². The van der Waals surface area contributed by atoms with Crippen LogP contribution in [0.15, 0.2) is 28.8 Å². The Hall–Kier alpha value is -2.28. The fraction of sp³-hybridized carbons (Fsp3) is 0.286. The van der Waals surface area contributed by atoms with Gasteiger partial charge in [0.25, 0.3) is 0 Å². The number of benzene rings is 1. The highest BCUT2D eigenvalue weighted by atomic mass is 32.1. The van der Waals surface area contributed by atoms with Gasteiger partial charge in [-0.05, 0) is 12.1 Å². The zero-order valence-corrected chi connectivity index (χ0v) is 11.9. The SMILES string of the molecule is O=C1C[C@@H](c2nc(Cc3nc4ccccc4s3)no2)CN1. The first-order chi connectivity index (χ1) is 10.3. The maximum Gasteiger partial charge on any atom is 0.232 e. The van der Waals surface area contributed by atoms with E-state index in [-0.39, 0.29) is 11.8 Å². The van der Waals surface area contributed by atoms with Crippen LogP contribution < -0.4 is 5.32 Å². The van der Waals surface area contributed by atoms with Gasteiger partial charge in [-0.1, -0.05) is 17.3 Å².